The summed E-state index contributed by atoms with van der Waals surface area (Å²) in [6.07, 6.45) is 0. The lowest BCUT2D eigenvalue weighted by atomic mass is 10.2. The lowest BCUT2D eigenvalue weighted by Crippen LogP contribution is -2.13. The summed E-state index contributed by atoms with van der Waals surface area (Å²) in [6.45, 7) is 3.69. The summed E-state index contributed by atoms with van der Waals surface area (Å²) >= 11 is 1.18. The van der Waals surface area contributed by atoms with Gasteiger partial charge in [-0.05, 0) is 44.2 Å². The van der Waals surface area contributed by atoms with Crippen LogP contribution in [0.15, 0.2) is 44.4 Å². The van der Waals surface area contributed by atoms with Crippen molar-refractivity contribution in [3.63, 3.8) is 0 Å². The minimum Gasteiger partial charge on any atom is -0.497 e. The predicted molar refractivity (Wildman–Crippen MR) is 93.8 cm³/mol. The average Bonchev–Trinajstić information content (AvgIpc) is 3.19. The average molecular weight is 359 g/mol. The van der Waals surface area contributed by atoms with Gasteiger partial charge in [-0.1, -0.05) is 11.8 Å². The number of aryl methyl sites for hydroxylation is 2. The van der Waals surface area contributed by atoms with Crippen molar-refractivity contribution in [3.05, 3.63) is 41.9 Å². The van der Waals surface area contributed by atoms with E-state index in [-0.39, 0.29) is 11.7 Å². The minimum atomic E-state index is -0.162. The maximum atomic E-state index is 12.0. The molecule has 8 heteroatoms. The molecule has 130 valence electrons. The Morgan fingerprint density at radius 2 is 1.96 bits per heavy atom. The molecule has 1 amide bonds. The van der Waals surface area contributed by atoms with Crippen LogP contribution < -0.4 is 10.1 Å². The molecule has 2 heterocycles. The van der Waals surface area contributed by atoms with Crippen molar-refractivity contribution in [2.45, 2.75) is 19.1 Å². The first-order valence-corrected chi connectivity index (χ1v) is 8.51. The quantitative estimate of drug-likeness (QED) is 0.671. The van der Waals surface area contributed by atoms with Gasteiger partial charge in [0.25, 0.3) is 11.1 Å². The lowest BCUT2D eigenvalue weighted by molar-refractivity contribution is -0.113. The van der Waals surface area contributed by atoms with Crippen LogP contribution in [0, 0.1) is 13.8 Å². The Kier molecular flexibility index (Phi) is 5.08. The molecule has 0 atom stereocenters. The molecule has 0 aliphatic rings. The van der Waals surface area contributed by atoms with Crippen LogP contribution in [0.25, 0.3) is 11.5 Å². The smallest absolute Gasteiger partial charge is 0.277 e. The molecule has 1 aromatic carbocycles. The number of amides is 1. The number of carbonyl (C=O) groups excluding carboxylic acids is 1. The molecule has 0 unspecified atom stereocenters. The molecule has 7 nitrogen and oxygen atoms in total. The summed E-state index contributed by atoms with van der Waals surface area (Å²) in [7, 11) is 1.59. The highest BCUT2D eigenvalue weighted by Crippen LogP contribution is 2.28. The third-order valence-corrected chi connectivity index (χ3v) is 4.20. The van der Waals surface area contributed by atoms with Gasteiger partial charge in [0.05, 0.1) is 18.4 Å². The number of hydrogen-bond donors (Lipinski definition) is 1. The molecule has 2 aromatic heterocycles. The van der Waals surface area contributed by atoms with Gasteiger partial charge >= 0.3 is 0 Å². The second-order valence-electron chi connectivity index (χ2n) is 5.27. The highest BCUT2D eigenvalue weighted by molar-refractivity contribution is 7.99. The molecule has 3 rings (SSSR count). The Balaban J connectivity index is 1.56. The SMILES string of the molecule is COc1ccc(NC(=O)CSc2nnc(-c3cc(C)oc3C)o2)cc1. The van der Waals surface area contributed by atoms with E-state index in [4.69, 9.17) is 13.6 Å². The predicted octanol–water partition coefficient (Wildman–Crippen LogP) is 3.69. The molecular weight excluding hydrogens is 342 g/mol. The van der Waals surface area contributed by atoms with Crippen LogP contribution in [-0.2, 0) is 4.79 Å². The third-order valence-electron chi connectivity index (χ3n) is 3.38. The Morgan fingerprint density at radius 3 is 2.60 bits per heavy atom. The zero-order valence-electron chi connectivity index (χ0n) is 14.0. The minimum absolute atomic E-state index is 0.162. The van der Waals surface area contributed by atoms with Crippen molar-refractivity contribution in [1.82, 2.24) is 10.2 Å². The monoisotopic (exact) mass is 359 g/mol. The molecule has 0 spiro atoms. The van der Waals surface area contributed by atoms with Crippen LogP contribution in [0.4, 0.5) is 5.69 Å². The number of nitrogens with zero attached hydrogens (tertiary/aromatic N) is 2. The molecule has 0 saturated heterocycles. The third kappa shape index (κ3) is 4.21. The fraction of sp³-hybridized carbons (Fsp3) is 0.235. The normalized spacial score (nSPS) is 10.7. The van der Waals surface area contributed by atoms with Gasteiger partial charge in [0, 0.05) is 5.69 Å². The number of ether oxygens (including phenoxy) is 1. The fourth-order valence-corrected chi connectivity index (χ4v) is 2.78. The van der Waals surface area contributed by atoms with Crippen LogP contribution in [0.2, 0.25) is 0 Å². The molecule has 0 fully saturated rings. The summed E-state index contributed by atoms with van der Waals surface area (Å²) in [5.74, 6) is 2.61. The molecule has 0 radical (unpaired) electrons. The Bertz CT molecular complexity index is 870. The first-order valence-electron chi connectivity index (χ1n) is 7.53. The van der Waals surface area contributed by atoms with Crippen LogP contribution in [0.5, 0.6) is 5.75 Å². The fourth-order valence-electron chi connectivity index (χ4n) is 2.22. The van der Waals surface area contributed by atoms with Gasteiger partial charge in [0.1, 0.15) is 17.3 Å². The molecule has 0 bridgehead atoms. The first-order chi connectivity index (χ1) is 12.0. The number of anilines is 1. The summed E-state index contributed by atoms with van der Waals surface area (Å²) in [4.78, 5) is 12.0. The molecule has 0 aliphatic carbocycles. The van der Waals surface area contributed by atoms with Gasteiger partial charge in [0.15, 0.2) is 0 Å². The molecule has 0 saturated carbocycles. The molecule has 0 aliphatic heterocycles. The number of thioether (sulfide) groups is 1. The number of aromatic nitrogens is 2. The van der Waals surface area contributed by atoms with E-state index in [1.165, 1.54) is 11.8 Å². The molecule has 25 heavy (non-hydrogen) atoms. The largest absolute Gasteiger partial charge is 0.497 e. The van der Waals surface area contributed by atoms with Gasteiger partial charge < -0.3 is 18.9 Å². The summed E-state index contributed by atoms with van der Waals surface area (Å²) in [5.41, 5.74) is 1.46. The Hall–Kier alpha value is -2.74. The van der Waals surface area contributed by atoms with Crippen LogP contribution >= 0.6 is 11.8 Å². The number of hydrogen-bond acceptors (Lipinski definition) is 7. The Morgan fingerprint density at radius 1 is 1.20 bits per heavy atom. The standard InChI is InChI=1S/C17H17N3O4S/c1-10-8-14(11(2)23-10)16-19-20-17(24-16)25-9-15(21)18-12-4-6-13(22-3)7-5-12/h4-8H,9H2,1-3H3,(H,18,21). The lowest BCUT2D eigenvalue weighted by Gasteiger charge is -2.05. The summed E-state index contributed by atoms with van der Waals surface area (Å²) < 4.78 is 16.1. The zero-order chi connectivity index (χ0) is 17.8. The van der Waals surface area contributed by atoms with Gasteiger partial charge in [-0.25, -0.2) is 0 Å². The topological polar surface area (TPSA) is 90.4 Å². The van der Waals surface area contributed by atoms with E-state index < -0.39 is 0 Å². The molecule has 3 aromatic rings. The van der Waals surface area contributed by atoms with Gasteiger partial charge in [-0.15, -0.1) is 10.2 Å². The van der Waals surface area contributed by atoms with Crippen LogP contribution in [0.1, 0.15) is 11.5 Å². The van der Waals surface area contributed by atoms with Crippen LogP contribution in [-0.4, -0.2) is 29.0 Å². The van der Waals surface area contributed by atoms with E-state index in [9.17, 15) is 4.79 Å². The zero-order valence-corrected chi connectivity index (χ0v) is 14.8. The van der Waals surface area contributed by atoms with Gasteiger partial charge in [0.2, 0.25) is 5.91 Å². The highest BCUT2D eigenvalue weighted by Gasteiger charge is 2.15. The van der Waals surface area contributed by atoms with Crippen molar-refractivity contribution in [3.8, 4) is 17.2 Å². The maximum absolute atomic E-state index is 12.0. The van der Waals surface area contributed by atoms with Crippen molar-refractivity contribution in [1.29, 1.82) is 0 Å². The number of rotatable bonds is 6. The number of carbonyl (C=O) groups is 1. The van der Waals surface area contributed by atoms with E-state index in [1.54, 1.807) is 31.4 Å². The van der Waals surface area contributed by atoms with Crippen molar-refractivity contribution in [2.75, 3.05) is 18.2 Å². The second kappa shape index (κ2) is 7.43. The summed E-state index contributed by atoms with van der Waals surface area (Å²) in [5, 5.41) is 11.1. The maximum Gasteiger partial charge on any atom is 0.277 e. The first kappa shape index (κ1) is 17.1. The number of furan rings is 1. The van der Waals surface area contributed by atoms with E-state index in [0.29, 0.717) is 16.8 Å². The number of nitrogens with one attached hydrogen (secondary N) is 1. The van der Waals surface area contributed by atoms with Crippen LogP contribution in [0.3, 0.4) is 0 Å². The van der Waals surface area contributed by atoms with E-state index in [1.807, 2.05) is 19.9 Å². The van der Waals surface area contributed by atoms with Crippen molar-refractivity contribution >= 4 is 23.4 Å². The second-order valence-corrected chi connectivity index (χ2v) is 6.19. The van der Waals surface area contributed by atoms with Gasteiger partial charge in [-0.3, -0.25) is 4.79 Å². The highest BCUT2D eigenvalue weighted by atomic mass is 32.2. The summed E-state index contributed by atoms with van der Waals surface area (Å²) in [6, 6.07) is 8.95. The number of benzene rings is 1. The van der Waals surface area contributed by atoms with E-state index in [0.717, 1.165) is 22.8 Å². The van der Waals surface area contributed by atoms with Crippen molar-refractivity contribution < 1.29 is 18.4 Å². The number of methoxy groups -OCH3 is 1. The van der Waals surface area contributed by atoms with E-state index >= 15 is 0 Å². The van der Waals surface area contributed by atoms with E-state index in [2.05, 4.69) is 15.5 Å². The van der Waals surface area contributed by atoms with Gasteiger partial charge in [-0.2, -0.15) is 0 Å². The van der Waals surface area contributed by atoms with Crippen molar-refractivity contribution in [2.24, 2.45) is 0 Å². The molecule has 1 N–H and O–H groups in total. The Labute approximate surface area is 148 Å². The molecular formula is C17H17N3O4S.